The van der Waals surface area contributed by atoms with Gasteiger partial charge in [0.2, 0.25) is 5.91 Å². The van der Waals surface area contributed by atoms with Crippen LogP contribution in [0.4, 0.5) is 0 Å². The topological polar surface area (TPSA) is 57.8 Å². The third kappa shape index (κ3) is 3.99. The molecule has 6 heteroatoms. The van der Waals surface area contributed by atoms with Crippen LogP contribution < -0.4 is 5.32 Å². The van der Waals surface area contributed by atoms with E-state index in [0.29, 0.717) is 10.7 Å². The van der Waals surface area contributed by atoms with Gasteiger partial charge >= 0.3 is 0 Å². The van der Waals surface area contributed by atoms with Crippen molar-refractivity contribution >= 4 is 44.6 Å². The molecule has 1 aromatic heterocycles. The first-order valence-corrected chi connectivity index (χ1v) is 13.1. The Balaban J connectivity index is 1.32. The van der Waals surface area contributed by atoms with Gasteiger partial charge in [-0.3, -0.25) is 4.79 Å². The minimum Gasteiger partial charge on any atom is -0.346 e. The minimum atomic E-state index is -0.0470. The molecule has 4 bridgehead atoms. The summed E-state index contributed by atoms with van der Waals surface area (Å²) >= 11 is 5.89. The summed E-state index contributed by atoms with van der Waals surface area (Å²) in [6.07, 6.45) is 11.3. The molecule has 1 aromatic carbocycles. The molecule has 6 rings (SSSR count). The summed E-state index contributed by atoms with van der Waals surface area (Å²) in [7, 11) is 0. The number of rotatable bonds is 7. The molecule has 3 atom stereocenters. The number of imidazole rings is 1. The van der Waals surface area contributed by atoms with Crippen molar-refractivity contribution < 1.29 is 4.79 Å². The second kappa shape index (κ2) is 7.60. The summed E-state index contributed by atoms with van der Waals surface area (Å²) in [6, 6.07) is 8.04. The van der Waals surface area contributed by atoms with E-state index in [1.165, 1.54) is 38.5 Å². The molecule has 156 valence electrons. The molecule has 1 heterocycles. The van der Waals surface area contributed by atoms with Gasteiger partial charge < -0.3 is 10.3 Å². The van der Waals surface area contributed by atoms with Crippen molar-refractivity contribution in [3.05, 3.63) is 30.1 Å². The number of fused-ring (bicyclic) bond motifs is 1. The molecule has 4 nitrogen and oxygen atoms in total. The van der Waals surface area contributed by atoms with Crippen LogP contribution in [0.1, 0.15) is 63.2 Å². The summed E-state index contributed by atoms with van der Waals surface area (Å²) in [4.78, 5) is 21.4. The van der Waals surface area contributed by atoms with E-state index in [1.807, 2.05) is 36.0 Å². The first-order valence-electron chi connectivity index (χ1n) is 10.9. The zero-order chi connectivity index (χ0) is 20.1. The lowest BCUT2D eigenvalue weighted by atomic mass is 9.48. The van der Waals surface area contributed by atoms with E-state index < -0.39 is 0 Å². The highest BCUT2D eigenvalue weighted by atomic mass is 79.9. The van der Waals surface area contributed by atoms with E-state index in [1.54, 1.807) is 0 Å². The van der Waals surface area contributed by atoms with Crippen LogP contribution in [0, 0.1) is 17.3 Å². The van der Waals surface area contributed by atoms with Crippen molar-refractivity contribution in [2.45, 2.75) is 61.7 Å². The Morgan fingerprint density at radius 1 is 1.31 bits per heavy atom. The predicted molar refractivity (Wildman–Crippen MR) is 123 cm³/mol. The Morgan fingerprint density at radius 3 is 2.76 bits per heavy atom. The van der Waals surface area contributed by atoms with Crippen molar-refractivity contribution in [2.75, 3.05) is 12.0 Å². The minimum absolute atomic E-state index is 0.0470. The molecule has 0 aliphatic heterocycles. The second-order valence-corrected chi connectivity index (χ2v) is 12.5. The lowest BCUT2D eigenvalue weighted by Gasteiger charge is -2.60. The third-order valence-electron chi connectivity index (χ3n) is 7.33. The molecule has 4 aliphatic rings. The quantitative estimate of drug-likeness (QED) is 0.512. The van der Waals surface area contributed by atoms with Crippen molar-refractivity contribution in [3.8, 4) is 0 Å². The lowest BCUT2D eigenvalue weighted by Crippen LogP contribution is -2.54. The number of nitrogens with zero attached hydrogens (tertiary/aromatic N) is 1. The van der Waals surface area contributed by atoms with Gasteiger partial charge in [0.25, 0.3) is 0 Å². The molecule has 0 saturated heterocycles. The maximum atomic E-state index is 13.2. The van der Waals surface area contributed by atoms with E-state index in [4.69, 9.17) is 4.98 Å². The maximum absolute atomic E-state index is 13.2. The number of H-pyrrole nitrogens is 1. The third-order valence-corrected chi connectivity index (χ3v) is 8.90. The molecule has 0 radical (unpaired) electrons. The highest BCUT2D eigenvalue weighted by Crippen LogP contribution is 2.65. The van der Waals surface area contributed by atoms with Gasteiger partial charge in [-0.1, -0.05) is 28.1 Å². The van der Waals surface area contributed by atoms with Crippen molar-refractivity contribution in [1.82, 2.24) is 15.3 Å². The van der Waals surface area contributed by atoms with Crippen molar-refractivity contribution in [1.29, 1.82) is 0 Å². The van der Waals surface area contributed by atoms with E-state index >= 15 is 0 Å². The molecule has 1 amide bonds. The molecular weight excluding hydrogens is 446 g/mol. The van der Waals surface area contributed by atoms with Crippen molar-refractivity contribution in [2.24, 2.45) is 17.3 Å². The monoisotopic (exact) mass is 475 g/mol. The summed E-state index contributed by atoms with van der Waals surface area (Å²) in [5.41, 5.74) is 2.21. The SMILES string of the molecule is CSCCC(NC(=O)CC12CC3CC(CC(Br)(C3)C1)C2)c1nc2ccccc2[nH]1. The number of carbonyl (C=O) groups excluding carboxylic acids is 1. The average molecular weight is 476 g/mol. The number of halogens is 1. The fourth-order valence-corrected chi connectivity index (χ4v) is 8.76. The summed E-state index contributed by atoms with van der Waals surface area (Å²) in [5.74, 6) is 3.71. The average Bonchev–Trinajstić information content (AvgIpc) is 3.06. The van der Waals surface area contributed by atoms with E-state index in [0.717, 1.165) is 40.9 Å². The van der Waals surface area contributed by atoms with Crippen LogP contribution in [0.5, 0.6) is 0 Å². The van der Waals surface area contributed by atoms with Crippen LogP contribution in [0.15, 0.2) is 24.3 Å². The highest BCUT2D eigenvalue weighted by Gasteiger charge is 2.57. The lowest BCUT2D eigenvalue weighted by molar-refractivity contribution is -0.129. The van der Waals surface area contributed by atoms with Crippen molar-refractivity contribution in [3.63, 3.8) is 0 Å². The summed E-state index contributed by atoms with van der Waals surface area (Å²) in [5, 5.41) is 3.36. The second-order valence-electron chi connectivity index (χ2n) is 9.83. The number of carbonyl (C=O) groups is 1. The molecule has 0 spiro atoms. The van der Waals surface area contributed by atoms with Gasteiger partial charge in [0.05, 0.1) is 17.1 Å². The first-order chi connectivity index (χ1) is 14.0. The number of thioether (sulfide) groups is 1. The molecule has 4 fully saturated rings. The van der Waals surface area contributed by atoms with Gasteiger partial charge in [-0.05, 0) is 86.3 Å². The van der Waals surface area contributed by atoms with Gasteiger partial charge in [0.15, 0.2) is 0 Å². The summed E-state index contributed by atoms with van der Waals surface area (Å²) < 4.78 is 0.300. The van der Waals surface area contributed by atoms with Gasteiger partial charge in [-0.2, -0.15) is 11.8 Å². The zero-order valence-electron chi connectivity index (χ0n) is 17.0. The largest absolute Gasteiger partial charge is 0.346 e. The standard InChI is InChI=1S/C23H30BrN3OS/c1-29-7-6-19(21-26-17-4-2-3-5-18(17)27-21)25-20(28)13-22-9-15-8-16(10-22)12-23(24,11-15)14-22/h2-5,15-16,19H,6-14H2,1H3,(H,25,28)(H,26,27). The number of para-hydroxylation sites is 2. The molecule has 2 N–H and O–H groups in total. The zero-order valence-corrected chi connectivity index (χ0v) is 19.4. The number of alkyl halides is 1. The Kier molecular flexibility index (Phi) is 5.22. The van der Waals surface area contributed by atoms with E-state index in [2.05, 4.69) is 32.5 Å². The van der Waals surface area contributed by atoms with E-state index in [9.17, 15) is 4.79 Å². The number of amides is 1. The highest BCUT2D eigenvalue weighted by molar-refractivity contribution is 9.10. The van der Waals surface area contributed by atoms with Gasteiger partial charge in [-0.25, -0.2) is 4.98 Å². The first kappa shape index (κ1) is 19.9. The molecule has 29 heavy (non-hydrogen) atoms. The number of benzene rings is 1. The Hall–Kier alpha value is -1.01. The van der Waals surface area contributed by atoms with Crippen LogP contribution in [0.3, 0.4) is 0 Å². The smallest absolute Gasteiger partial charge is 0.221 e. The molecule has 4 aliphatic carbocycles. The number of hydrogen-bond acceptors (Lipinski definition) is 3. The Morgan fingerprint density at radius 2 is 2.07 bits per heavy atom. The van der Waals surface area contributed by atoms with E-state index in [-0.39, 0.29) is 17.4 Å². The Bertz CT molecular complexity index is 865. The Labute approximate surface area is 185 Å². The molecule has 2 aromatic rings. The van der Waals surface area contributed by atoms with Crippen LogP contribution in [0.2, 0.25) is 0 Å². The molecule has 4 saturated carbocycles. The fraction of sp³-hybridized carbons (Fsp3) is 0.652. The molecular formula is C23H30BrN3OS. The normalized spacial score (nSPS) is 33.9. The fourth-order valence-electron chi connectivity index (χ4n) is 6.78. The van der Waals surface area contributed by atoms with Gasteiger partial charge in [0, 0.05) is 10.7 Å². The number of hydrogen-bond donors (Lipinski definition) is 2. The molecule has 3 unspecified atom stereocenters. The van der Waals surface area contributed by atoms with Gasteiger partial charge in [0.1, 0.15) is 5.82 Å². The number of nitrogens with one attached hydrogen (secondary N) is 2. The van der Waals surface area contributed by atoms with Crippen LogP contribution >= 0.6 is 27.7 Å². The summed E-state index contributed by atoms with van der Waals surface area (Å²) in [6.45, 7) is 0. The van der Waals surface area contributed by atoms with Crippen LogP contribution in [0.25, 0.3) is 11.0 Å². The van der Waals surface area contributed by atoms with Crippen LogP contribution in [-0.2, 0) is 4.79 Å². The predicted octanol–water partition coefficient (Wildman–Crippen LogP) is 5.60. The van der Waals surface area contributed by atoms with Gasteiger partial charge in [-0.15, -0.1) is 0 Å². The number of aromatic amines is 1. The maximum Gasteiger partial charge on any atom is 0.221 e. The number of aromatic nitrogens is 2. The van der Waals surface area contributed by atoms with Crippen LogP contribution in [-0.4, -0.2) is 32.2 Å².